The fourth-order valence-corrected chi connectivity index (χ4v) is 2.92. The second-order valence-corrected chi connectivity index (χ2v) is 5.25. The minimum atomic E-state index is 0.576. The predicted octanol–water partition coefficient (Wildman–Crippen LogP) is 1.76. The first kappa shape index (κ1) is 12.4. The Morgan fingerprint density at radius 2 is 1.95 bits per heavy atom. The van der Waals surface area contributed by atoms with Crippen LogP contribution in [0.3, 0.4) is 0 Å². The molecule has 0 amide bonds. The van der Waals surface area contributed by atoms with E-state index in [9.17, 15) is 0 Å². The number of rotatable bonds is 1. The Bertz CT molecular complexity index is 669. The lowest BCUT2D eigenvalue weighted by Gasteiger charge is -2.35. The van der Waals surface area contributed by atoms with Gasteiger partial charge in [0.2, 0.25) is 0 Å². The molecule has 1 saturated heterocycles. The number of ether oxygens (including phenoxy) is 1. The molecule has 1 N–H and O–H groups in total. The number of hydrogen-bond acceptors (Lipinski definition) is 6. The van der Waals surface area contributed by atoms with Crippen molar-refractivity contribution in [2.75, 3.05) is 43.0 Å². The van der Waals surface area contributed by atoms with E-state index >= 15 is 0 Å². The highest BCUT2D eigenvalue weighted by Crippen LogP contribution is 2.48. The molecule has 1 fully saturated rings. The van der Waals surface area contributed by atoms with Crippen molar-refractivity contribution < 1.29 is 4.74 Å². The molecule has 6 nitrogen and oxygen atoms in total. The van der Waals surface area contributed by atoms with Gasteiger partial charge in [-0.3, -0.25) is 0 Å². The molecule has 2 aliphatic heterocycles. The lowest BCUT2D eigenvalue weighted by Crippen LogP contribution is -2.44. The van der Waals surface area contributed by atoms with Crippen molar-refractivity contribution in [3.05, 3.63) is 30.5 Å². The Morgan fingerprint density at radius 3 is 2.81 bits per heavy atom. The smallest absolute Gasteiger partial charge is 0.265 e. The van der Waals surface area contributed by atoms with E-state index in [1.165, 1.54) is 0 Å². The molecule has 1 aromatic carbocycles. The van der Waals surface area contributed by atoms with E-state index in [-0.39, 0.29) is 0 Å². The molecule has 2 aliphatic rings. The zero-order valence-corrected chi connectivity index (χ0v) is 11.9. The molecule has 0 radical (unpaired) electrons. The van der Waals surface area contributed by atoms with Crippen LogP contribution in [0, 0.1) is 0 Å². The van der Waals surface area contributed by atoms with E-state index in [4.69, 9.17) is 4.74 Å². The maximum absolute atomic E-state index is 5.92. The molecule has 3 heterocycles. The largest absolute Gasteiger partial charge is 0.434 e. The van der Waals surface area contributed by atoms with Gasteiger partial charge in [-0.15, -0.1) is 5.10 Å². The molecule has 0 bridgehead atoms. The molecule has 21 heavy (non-hydrogen) atoms. The highest BCUT2D eigenvalue weighted by atomic mass is 16.5. The normalized spacial score (nSPS) is 17.0. The summed E-state index contributed by atoms with van der Waals surface area (Å²) in [5.74, 6) is 1.39. The third kappa shape index (κ3) is 1.99. The molecular weight excluding hydrogens is 266 g/mol. The van der Waals surface area contributed by atoms with Crippen molar-refractivity contribution in [2.24, 2.45) is 0 Å². The average Bonchev–Trinajstić information content (AvgIpc) is 2.55. The molecule has 6 heteroatoms. The zero-order chi connectivity index (χ0) is 14.2. The number of benzene rings is 1. The van der Waals surface area contributed by atoms with Gasteiger partial charge in [-0.05, 0) is 12.1 Å². The Morgan fingerprint density at radius 1 is 1.14 bits per heavy atom. The number of fused-ring (bicyclic) bond motifs is 2. The Balaban J connectivity index is 1.80. The van der Waals surface area contributed by atoms with Gasteiger partial charge in [-0.1, -0.05) is 12.1 Å². The highest BCUT2D eigenvalue weighted by molar-refractivity contribution is 5.85. The van der Waals surface area contributed by atoms with Crippen LogP contribution in [0.25, 0.3) is 0 Å². The number of anilines is 3. The van der Waals surface area contributed by atoms with Gasteiger partial charge < -0.3 is 19.9 Å². The predicted molar refractivity (Wildman–Crippen MR) is 81.7 cm³/mol. The lowest BCUT2D eigenvalue weighted by atomic mass is 10.2. The van der Waals surface area contributed by atoms with Crippen molar-refractivity contribution in [3.63, 3.8) is 0 Å². The van der Waals surface area contributed by atoms with Gasteiger partial charge in [-0.2, -0.15) is 5.10 Å². The van der Waals surface area contributed by atoms with Gasteiger partial charge in [0, 0.05) is 33.2 Å². The third-order valence-corrected chi connectivity index (χ3v) is 4.00. The van der Waals surface area contributed by atoms with Crippen LogP contribution in [0.2, 0.25) is 0 Å². The van der Waals surface area contributed by atoms with Gasteiger partial charge in [0.25, 0.3) is 5.88 Å². The van der Waals surface area contributed by atoms with Crippen LogP contribution in [0.5, 0.6) is 11.6 Å². The van der Waals surface area contributed by atoms with Crippen molar-refractivity contribution in [3.8, 4) is 11.6 Å². The standard InChI is InChI=1S/C15H17N5O/c1-19-11-4-2-3-5-13(11)21-15-14(19)12(10-17-18-15)20-8-6-16-7-9-20/h2-5,10,16H,6-9H2,1H3. The van der Waals surface area contributed by atoms with Crippen molar-refractivity contribution in [1.29, 1.82) is 0 Å². The quantitative estimate of drug-likeness (QED) is 0.860. The van der Waals surface area contributed by atoms with E-state index in [1.807, 2.05) is 31.4 Å². The van der Waals surface area contributed by atoms with Crippen LogP contribution < -0.4 is 19.9 Å². The first-order valence-electron chi connectivity index (χ1n) is 7.16. The molecule has 108 valence electrons. The minimum Gasteiger partial charge on any atom is -0.434 e. The number of para-hydroxylation sites is 2. The molecule has 4 rings (SSSR count). The summed E-state index contributed by atoms with van der Waals surface area (Å²) in [6, 6.07) is 7.99. The van der Waals surface area contributed by atoms with Gasteiger partial charge in [0.15, 0.2) is 5.75 Å². The van der Waals surface area contributed by atoms with E-state index < -0.39 is 0 Å². The average molecular weight is 283 g/mol. The maximum Gasteiger partial charge on any atom is 0.265 e. The topological polar surface area (TPSA) is 53.5 Å². The summed E-state index contributed by atoms with van der Waals surface area (Å²) >= 11 is 0. The lowest BCUT2D eigenvalue weighted by molar-refractivity contribution is 0.448. The summed E-state index contributed by atoms with van der Waals surface area (Å²) in [6.45, 7) is 3.90. The van der Waals surface area contributed by atoms with Crippen molar-refractivity contribution in [2.45, 2.75) is 0 Å². The first-order chi connectivity index (χ1) is 10.3. The van der Waals surface area contributed by atoms with Gasteiger partial charge in [-0.25, -0.2) is 0 Å². The molecule has 0 spiro atoms. The molecule has 0 unspecified atom stereocenters. The summed E-state index contributed by atoms with van der Waals surface area (Å²) in [7, 11) is 2.05. The van der Waals surface area contributed by atoms with Crippen LogP contribution in [-0.2, 0) is 0 Å². The van der Waals surface area contributed by atoms with Gasteiger partial charge >= 0.3 is 0 Å². The highest BCUT2D eigenvalue weighted by Gasteiger charge is 2.28. The first-order valence-corrected chi connectivity index (χ1v) is 7.16. The van der Waals surface area contributed by atoms with Crippen molar-refractivity contribution in [1.82, 2.24) is 15.5 Å². The maximum atomic E-state index is 5.92. The number of aromatic nitrogens is 2. The Hall–Kier alpha value is -2.34. The SMILES string of the molecule is CN1c2ccccc2Oc2nncc(N3CCNCC3)c21. The van der Waals surface area contributed by atoms with Crippen LogP contribution in [0.4, 0.5) is 17.1 Å². The van der Waals surface area contributed by atoms with Crippen LogP contribution in [0.1, 0.15) is 0 Å². The van der Waals surface area contributed by atoms with E-state index in [0.29, 0.717) is 5.88 Å². The fourth-order valence-electron chi connectivity index (χ4n) is 2.92. The summed E-state index contributed by atoms with van der Waals surface area (Å²) < 4.78 is 5.92. The van der Waals surface area contributed by atoms with Gasteiger partial charge in [0.05, 0.1) is 17.6 Å². The molecule has 0 atom stereocenters. The van der Waals surface area contributed by atoms with Crippen LogP contribution in [0.15, 0.2) is 30.5 Å². The number of piperazine rings is 1. The molecule has 0 saturated carbocycles. The Labute approximate surface area is 123 Å². The minimum absolute atomic E-state index is 0.576. The summed E-state index contributed by atoms with van der Waals surface area (Å²) in [5, 5.41) is 11.7. The monoisotopic (exact) mass is 283 g/mol. The van der Waals surface area contributed by atoms with Crippen LogP contribution in [-0.4, -0.2) is 43.4 Å². The number of nitrogens with one attached hydrogen (secondary N) is 1. The zero-order valence-electron chi connectivity index (χ0n) is 11.9. The fraction of sp³-hybridized carbons (Fsp3) is 0.333. The van der Waals surface area contributed by atoms with E-state index in [2.05, 4.69) is 31.4 Å². The summed E-state index contributed by atoms with van der Waals surface area (Å²) in [6.07, 6.45) is 1.83. The summed E-state index contributed by atoms with van der Waals surface area (Å²) in [4.78, 5) is 4.47. The van der Waals surface area contributed by atoms with Crippen molar-refractivity contribution >= 4 is 17.1 Å². The molecule has 0 aliphatic carbocycles. The van der Waals surface area contributed by atoms with Gasteiger partial charge in [0.1, 0.15) is 5.69 Å². The van der Waals surface area contributed by atoms with Crippen LogP contribution >= 0.6 is 0 Å². The second kappa shape index (κ2) is 4.89. The third-order valence-electron chi connectivity index (χ3n) is 4.00. The molecular formula is C15H17N5O. The second-order valence-electron chi connectivity index (χ2n) is 5.25. The van der Waals surface area contributed by atoms with E-state index in [1.54, 1.807) is 0 Å². The number of hydrogen-bond donors (Lipinski definition) is 1. The molecule has 1 aromatic heterocycles. The summed E-state index contributed by atoms with van der Waals surface area (Å²) in [5.41, 5.74) is 3.12. The number of nitrogens with zero attached hydrogens (tertiary/aromatic N) is 4. The van der Waals surface area contributed by atoms with E-state index in [0.717, 1.165) is 49.0 Å². The Kier molecular flexibility index (Phi) is 2.89. The molecule has 2 aromatic rings.